The van der Waals surface area contributed by atoms with Gasteiger partial charge in [-0.05, 0) is 41.9 Å². The van der Waals surface area contributed by atoms with Crippen LogP contribution in [-0.4, -0.2) is 11.5 Å². The summed E-state index contributed by atoms with van der Waals surface area (Å²) in [5.41, 5.74) is 5.66. The highest BCUT2D eigenvalue weighted by atomic mass is 33.7. The lowest BCUT2D eigenvalue weighted by molar-refractivity contribution is 1.53. The molecule has 0 fully saturated rings. The van der Waals surface area contributed by atoms with Gasteiger partial charge in [-0.3, -0.25) is 0 Å². The van der Waals surface area contributed by atoms with Crippen LogP contribution in [0.25, 0.3) is 11.1 Å². The van der Waals surface area contributed by atoms with E-state index >= 15 is 0 Å². The molecule has 3 rings (SSSR count). The van der Waals surface area contributed by atoms with Gasteiger partial charge in [-0.25, -0.2) is 0 Å². The zero-order chi connectivity index (χ0) is 13.6. The fourth-order valence-electron chi connectivity index (χ4n) is 2.17. The van der Waals surface area contributed by atoms with Crippen molar-refractivity contribution in [1.29, 1.82) is 0 Å². The smallest absolute Gasteiger partial charge is 0.0306 e. The van der Waals surface area contributed by atoms with E-state index in [1.54, 1.807) is 0 Å². The Kier molecular flexibility index (Phi) is 5.48. The van der Waals surface area contributed by atoms with Crippen molar-refractivity contribution >= 4 is 52.4 Å². The largest absolute Gasteiger partial charge is 0.0769 e. The number of hydrogen-bond acceptors (Lipinski definition) is 4. The molecule has 0 saturated heterocycles. The van der Waals surface area contributed by atoms with Gasteiger partial charge in [-0.1, -0.05) is 82.3 Å². The Morgan fingerprint density at radius 1 is 0.550 bits per heavy atom. The average molecular weight is 335 g/mol. The molecular formula is C16H14S4. The molecule has 0 N–H and O–H groups in total. The molecule has 0 amide bonds. The van der Waals surface area contributed by atoms with E-state index in [-0.39, 0.29) is 0 Å². The first-order chi connectivity index (χ1) is 9.95. The van der Waals surface area contributed by atoms with Crippen LogP contribution in [0.5, 0.6) is 0 Å². The number of hydrogen-bond donors (Lipinski definition) is 0. The molecule has 0 unspecified atom stereocenters. The molecule has 102 valence electrons. The Labute approximate surface area is 135 Å². The lowest BCUT2D eigenvalue weighted by atomic mass is 9.97. The van der Waals surface area contributed by atoms with Crippen molar-refractivity contribution in [2.45, 2.75) is 0 Å². The molecule has 2 aromatic rings. The van der Waals surface area contributed by atoms with E-state index in [1.807, 2.05) is 41.2 Å². The van der Waals surface area contributed by atoms with Crippen molar-refractivity contribution in [2.75, 3.05) is 11.5 Å². The number of rotatable bonds is 2. The van der Waals surface area contributed by atoms with Gasteiger partial charge in [-0.2, -0.15) is 0 Å². The van der Waals surface area contributed by atoms with E-state index in [1.165, 1.54) is 22.3 Å². The van der Waals surface area contributed by atoms with Crippen LogP contribution in [0.2, 0.25) is 0 Å². The molecular weight excluding hydrogens is 320 g/mol. The predicted molar refractivity (Wildman–Crippen MR) is 99.8 cm³/mol. The SMILES string of the molecule is c1ccc(C2=C(c3ccccc3)CSSSSC2)cc1. The maximum atomic E-state index is 2.23. The van der Waals surface area contributed by atoms with Gasteiger partial charge < -0.3 is 0 Å². The van der Waals surface area contributed by atoms with E-state index in [0.717, 1.165) is 11.5 Å². The van der Waals surface area contributed by atoms with Crippen molar-refractivity contribution in [3.8, 4) is 0 Å². The summed E-state index contributed by atoms with van der Waals surface area (Å²) in [6.45, 7) is 0. The molecule has 0 atom stereocenters. The fraction of sp³-hybridized carbons (Fsp3) is 0.125. The molecule has 0 radical (unpaired) electrons. The third-order valence-corrected chi connectivity index (χ3v) is 9.38. The molecule has 1 aliphatic rings. The highest BCUT2D eigenvalue weighted by molar-refractivity contribution is 9.26. The molecule has 0 spiro atoms. The van der Waals surface area contributed by atoms with Crippen LogP contribution in [0.3, 0.4) is 0 Å². The molecule has 0 saturated carbocycles. The minimum Gasteiger partial charge on any atom is -0.0769 e. The standard InChI is InChI=1S/C16H14S4/c1-3-7-13(8-4-1)15-11-17-19-20-18-12-16(15)14-9-5-2-6-10-14/h1-10H,11-12H2. The maximum absolute atomic E-state index is 2.23. The molecule has 0 nitrogen and oxygen atoms in total. The van der Waals surface area contributed by atoms with Crippen LogP contribution < -0.4 is 0 Å². The minimum atomic E-state index is 1.06. The summed E-state index contributed by atoms with van der Waals surface area (Å²) in [6.07, 6.45) is 0. The third-order valence-electron chi connectivity index (χ3n) is 3.14. The summed E-state index contributed by atoms with van der Waals surface area (Å²) in [5, 5.41) is 0. The van der Waals surface area contributed by atoms with E-state index in [4.69, 9.17) is 0 Å². The molecule has 0 aromatic heterocycles. The second-order valence-electron chi connectivity index (χ2n) is 4.35. The maximum Gasteiger partial charge on any atom is 0.0306 e. The Morgan fingerprint density at radius 2 is 0.950 bits per heavy atom. The second-order valence-corrected chi connectivity index (χ2v) is 10.4. The summed E-state index contributed by atoms with van der Waals surface area (Å²) < 4.78 is 0. The van der Waals surface area contributed by atoms with Crippen LogP contribution in [0.15, 0.2) is 60.7 Å². The zero-order valence-electron chi connectivity index (χ0n) is 10.8. The van der Waals surface area contributed by atoms with Crippen molar-refractivity contribution in [1.82, 2.24) is 0 Å². The second kappa shape index (κ2) is 7.55. The zero-order valence-corrected chi connectivity index (χ0v) is 14.1. The molecule has 1 aliphatic heterocycles. The Bertz CT molecular complexity index is 524. The van der Waals surface area contributed by atoms with Crippen molar-refractivity contribution < 1.29 is 0 Å². The van der Waals surface area contributed by atoms with E-state index in [0.29, 0.717) is 0 Å². The summed E-state index contributed by atoms with van der Waals surface area (Å²) in [7, 11) is 7.64. The lowest BCUT2D eigenvalue weighted by Gasteiger charge is -2.18. The summed E-state index contributed by atoms with van der Waals surface area (Å²) in [5.74, 6) is 2.12. The van der Waals surface area contributed by atoms with Crippen LogP contribution in [0.1, 0.15) is 11.1 Å². The van der Waals surface area contributed by atoms with Crippen LogP contribution in [-0.2, 0) is 0 Å². The normalized spacial score (nSPS) is 16.6. The van der Waals surface area contributed by atoms with E-state index in [2.05, 4.69) is 60.7 Å². The molecule has 0 bridgehead atoms. The third kappa shape index (κ3) is 3.61. The van der Waals surface area contributed by atoms with Gasteiger partial charge in [0.1, 0.15) is 0 Å². The highest BCUT2D eigenvalue weighted by Gasteiger charge is 2.14. The average Bonchev–Trinajstić information content (AvgIpc) is 2.49. The van der Waals surface area contributed by atoms with Gasteiger partial charge in [-0.15, -0.1) is 0 Å². The summed E-state index contributed by atoms with van der Waals surface area (Å²) in [4.78, 5) is 0. The quantitative estimate of drug-likeness (QED) is 0.592. The van der Waals surface area contributed by atoms with Gasteiger partial charge in [0, 0.05) is 11.5 Å². The van der Waals surface area contributed by atoms with Gasteiger partial charge in [0.15, 0.2) is 0 Å². The first-order valence-corrected chi connectivity index (χ1v) is 11.5. The molecule has 2 aromatic carbocycles. The van der Waals surface area contributed by atoms with Crippen molar-refractivity contribution in [3.05, 3.63) is 71.8 Å². The molecule has 1 heterocycles. The van der Waals surface area contributed by atoms with E-state index < -0.39 is 0 Å². The van der Waals surface area contributed by atoms with Crippen LogP contribution in [0.4, 0.5) is 0 Å². The molecule has 0 aliphatic carbocycles. The van der Waals surface area contributed by atoms with Gasteiger partial charge >= 0.3 is 0 Å². The van der Waals surface area contributed by atoms with Gasteiger partial charge in [0.2, 0.25) is 0 Å². The summed E-state index contributed by atoms with van der Waals surface area (Å²) in [6, 6.07) is 21.6. The summed E-state index contributed by atoms with van der Waals surface area (Å²) >= 11 is 0. The topological polar surface area (TPSA) is 0 Å². The molecule has 20 heavy (non-hydrogen) atoms. The van der Waals surface area contributed by atoms with Crippen LogP contribution >= 0.6 is 41.2 Å². The van der Waals surface area contributed by atoms with Crippen molar-refractivity contribution in [2.24, 2.45) is 0 Å². The predicted octanol–water partition coefficient (Wildman–Crippen LogP) is 6.29. The Hall–Kier alpha value is -0.420. The molecule has 4 heteroatoms. The van der Waals surface area contributed by atoms with E-state index in [9.17, 15) is 0 Å². The van der Waals surface area contributed by atoms with Gasteiger partial charge in [0.05, 0.1) is 0 Å². The lowest BCUT2D eigenvalue weighted by Crippen LogP contribution is -1.98. The Morgan fingerprint density at radius 3 is 1.35 bits per heavy atom. The van der Waals surface area contributed by atoms with Gasteiger partial charge in [0.25, 0.3) is 0 Å². The Balaban J connectivity index is 2.09. The monoisotopic (exact) mass is 334 g/mol. The van der Waals surface area contributed by atoms with Crippen LogP contribution in [0, 0.1) is 0 Å². The highest BCUT2D eigenvalue weighted by Crippen LogP contribution is 2.49. The number of benzene rings is 2. The fourth-order valence-corrected chi connectivity index (χ4v) is 8.19. The first kappa shape index (κ1) is 14.5. The minimum absolute atomic E-state index is 1.06. The van der Waals surface area contributed by atoms with Crippen molar-refractivity contribution in [3.63, 3.8) is 0 Å². The first-order valence-electron chi connectivity index (χ1n) is 6.36.